The number of guanidine groups is 1. The van der Waals surface area contributed by atoms with Gasteiger partial charge < -0.3 is 25.6 Å². The molecule has 1 aliphatic rings. The highest BCUT2D eigenvalue weighted by Crippen LogP contribution is 2.23. The number of aliphatic imine (C=N–C) groups is 1. The molecule has 0 amide bonds. The number of alkyl halides is 3. The van der Waals surface area contributed by atoms with Gasteiger partial charge in [-0.15, -0.1) is 37.1 Å². The summed E-state index contributed by atoms with van der Waals surface area (Å²) in [6, 6.07) is 5.36. The predicted molar refractivity (Wildman–Crippen MR) is 116 cm³/mol. The number of halogens is 4. The Kier molecular flexibility index (Phi) is 10.3. The molecule has 6 nitrogen and oxygen atoms in total. The monoisotopic (exact) mass is 515 g/mol. The molecule has 28 heavy (non-hydrogen) atoms. The van der Waals surface area contributed by atoms with Crippen molar-refractivity contribution in [3.05, 3.63) is 24.3 Å². The van der Waals surface area contributed by atoms with Gasteiger partial charge in [-0.1, -0.05) is 13.8 Å². The molecule has 1 aromatic carbocycles. The van der Waals surface area contributed by atoms with Crippen molar-refractivity contribution in [2.24, 2.45) is 16.6 Å². The summed E-state index contributed by atoms with van der Waals surface area (Å²) in [5.41, 5.74) is 6.42. The van der Waals surface area contributed by atoms with Crippen LogP contribution in [0, 0.1) is 5.92 Å². The Bertz CT molecular complexity index is 604. The third-order valence-corrected chi connectivity index (χ3v) is 4.42. The van der Waals surface area contributed by atoms with Crippen molar-refractivity contribution < 1.29 is 17.9 Å². The number of nitrogens with zero attached hydrogens (tertiary/aromatic N) is 3. The summed E-state index contributed by atoms with van der Waals surface area (Å²) in [4.78, 5) is 9.21. The fraction of sp³-hybridized carbons (Fsp3) is 0.611. The summed E-state index contributed by atoms with van der Waals surface area (Å²) in [5, 5.41) is 2.88. The van der Waals surface area contributed by atoms with E-state index in [-0.39, 0.29) is 35.7 Å². The normalized spacial score (nSPS) is 17.7. The third-order valence-electron chi connectivity index (χ3n) is 4.42. The van der Waals surface area contributed by atoms with Crippen LogP contribution in [0.1, 0.15) is 13.8 Å². The summed E-state index contributed by atoms with van der Waals surface area (Å²) >= 11 is 0. The topological polar surface area (TPSA) is 66.1 Å². The van der Waals surface area contributed by atoms with Crippen LogP contribution in [-0.4, -0.2) is 67.9 Å². The number of benzene rings is 1. The summed E-state index contributed by atoms with van der Waals surface area (Å²) in [5.74, 6) is 0.323. The second-order valence-corrected chi connectivity index (χ2v) is 6.76. The Labute approximate surface area is 181 Å². The summed E-state index contributed by atoms with van der Waals surface area (Å²) in [7, 11) is 0. The Balaban J connectivity index is 0.00000392. The van der Waals surface area contributed by atoms with Gasteiger partial charge in [-0.25, -0.2) is 0 Å². The summed E-state index contributed by atoms with van der Waals surface area (Å²) in [6.45, 7) is 11.3. The van der Waals surface area contributed by atoms with E-state index in [2.05, 4.69) is 38.7 Å². The second-order valence-electron chi connectivity index (χ2n) is 6.76. The van der Waals surface area contributed by atoms with Crippen molar-refractivity contribution in [2.45, 2.75) is 20.2 Å². The molecular formula is C18H29F3IN5O. The van der Waals surface area contributed by atoms with Crippen molar-refractivity contribution in [1.82, 2.24) is 9.80 Å². The van der Waals surface area contributed by atoms with E-state index in [0.717, 1.165) is 39.3 Å². The highest BCUT2D eigenvalue weighted by Gasteiger charge is 2.30. The van der Waals surface area contributed by atoms with Crippen LogP contribution in [0.5, 0.6) is 5.75 Å². The molecular weight excluding hydrogens is 486 g/mol. The standard InChI is InChI=1S/C18H28F3N5O.HI/c1-3-25-8-10-26(11-9-25)13-14(2)12-23-17(22)24-15-4-6-16(7-5-15)27-18(19,20)21;/h4-7,14H,3,8-13H2,1-2H3,(H3,22,23,24);1H. The van der Waals surface area contributed by atoms with Crippen LogP contribution in [-0.2, 0) is 0 Å². The zero-order valence-corrected chi connectivity index (χ0v) is 18.5. The van der Waals surface area contributed by atoms with Crippen molar-refractivity contribution in [3.8, 4) is 5.75 Å². The van der Waals surface area contributed by atoms with Crippen LogP contribution >= 0.6 is 24.0 Å². The number of piperazine rings is 1. The SMILES string of the molecule is CCN1CCN(CC(C)CN=C(N)Nc2ccc(OC(F)(F)F)cc2)CC1.I. The van der Waals surface area contributed by atoms with E-state index >= 15 is 0 Å². The molecule has 0 aliphatic carbocycles. The number of nitrogens with one attached hydrogen (secondary N) is 1. The van der Waals surface area contributed by atoms with E-state index in [0.29, 0.717) is 18.2 Å². The molecule has 0 saturated carbocycles. The molecule has 0 radical (unpaired) electrons. The molecule has 1 atom stereocenters. The van der Waals surface area contributed by atoms with Gasteiger partial charge in [0.25, 0.3) is 0 Å². The maximum absolute atomic E-state index is 12.2. The van der Waals surface area contributed by atoms with E-state index in [1.807, 2.05) is 0 Å². The fourth-order valence-electron chi connectivity index (χ4n) is 2.97. The number of anilines is 1. The van der Waals surface area contributed by atoms with E-state index in [1.165, 1.54) is 24.3 Å². The lowest BCUT2D eigenvalue weighted by Crippen LogP contribution is -2.47. The lowest BCUT2D eigenvalue weighted by atomic mass is 10.1. The molecule has 2 rings (SSSR count). The number of hydrogen-bond acceptors (Lipinski definition) is 4. The van der Waals surface area contributed by atoms with Gasteiger partial charge >= 0.3 is 6.36 Å². The maximum Gasteiger partial charge on any atom is 0.573 e. The molecule has 10 heteroatoms. The molecule has 1 heterocycles. The predicted octanol–water partition coefficient (Wildman–Crippen LogP) is 3.20. The third kappa shape index (κ3) is 9.28. The smallest absolute Gasteiger partial charge is 0.406 e. The number of likely N-dealkylation sites (N-methyl/N-ethyl adjacent to an activating group) is 1. The van der Waals surface area contributed by atoms with Crippen molar-refractivity contribution in [2.75, 3.05) is 51.1 Å². The first-order chi connectivity index (χ1) is 12.7. The highest BCUT2D eigenvalue weighted by atomic mass is 127. The van der Waals surface area contributed by atoms with E-state index < -0.39 is 6.36 Å². The van der Waals surface area contributed by atoms with E-state index in [9.17, 15) is 13.2 Å². The van der Waals surface area contributed by atoms with Crippen LogP contribution < -0.4 is 15.8 Å². The van der Waals surface area contributed by atoms with Gasteiger partial charge in [-0.2, -0.15) is 0 Å². The Morgan fingerprint density at radius 1 is 1.18 bits per heavy atom. The summed E-state index contributed by atoms with van der Waals surface area (Å²) < 4.78 is 40.3. The highest BCUT2D eigenvalue weighted by molar-refractivity contribution is 14.0. The van der Waals surface area contributed by atoms with Gasteiger partial charge in [-0.3, -0.25) is 4.99 Å². The molecule has 1 fully saturated rings. The van der Waals surface area contributed by atoms with Gasteiger partial charge in [0.05, 0.1) is 0 Å². The van der Waals surface area contributed by atoms with Crippen molar-refractivity contribution in [3.63, 3.8) is 0 Å². The van der Waals surface area contributed by atoms with Crippen molar-refractivity contribution >= 4 is 35.6 Å². The Hall–Kier alpha value is -1.27. The lowest BCUT2D eigenvalue weighted by Gasteiger charge is -2.35. The molecule has 1 aliphatic heterocycles. The lowest BCUT2D eigenvalue weighted by molar-refractivity contribution is -0.274. The number of nitrogens with two attached hydrogens (primary N) is 1. The molecule has 1 aromatic rings. The molecule has 1 saturated heterocycles. The van der Waals surface area contributed by atoms with Gasteiger partial charge in [0.2, 0.25) is 0 Å². The quantitative estimate of drug-likeness (QED) is 0.332. The van der Waals surface area contributed by atoms with Gasteiger partial charge in [0.1, 0.15) is 5.75 Å². The van der Waals surface area contributed by atoms with Crippen LogP contribution in [0.2, 0.25) is 0 Å². The van der Waals surface area contributed by atoms with Gasteiger partial charge in [0.15, 0.2) is 5.96 Å². The second kappa shape index (κ2) is 11.7. The average molecular weight is 515 g/mol. The zero-order valence-electron chi connectivity index (χ0n) is 16.2. The van der Waals surface area contributed by atoms with Crippen LogP contribution in [0.25, 0.3) is 0 Å². The van der Waals surface area contributed by atoms with E-state index in [4.69, 9.17) is 5.73 Å². The first-order valence-corrected chi connectivity index (χ1v) is 9.12. The number of rotatable bonds is 7. The fourth-order valence-corrected chi connectivity index (χ4v) is 2.97. The van der Waals surface area contributed by atoms with Gasteiger partial charge in [-0.05, 0) is 36.7 Å². The van der Waals surface area contributed by atoms with E-state index in [1.54, 1.807) is 0 Å². The van der Waals surface area contributed by atoms with Gasteiger partial charge in [0, 0.05) is 45.0 Å². The minimum atomic E-state index is -4.70. The molecule has 160 valence electrons. The number of hydrogen-bond donors (Lipinski definition) is 2. The summed E-state index contributed by atoms with van der Waals surface area (Å²) in [6.07, 6.45) is -4.70. The van der Waals surface area contributed by atoms with Crippen LogP contribution in [0.15, 0.2) is 29.3 Å². The molecule has 0 bridgehead atoms. The van der Waals surface area contributed by atoms with Crippen LogP contribution in [0.3, 0.4) is 0 Å². The molecule has 1 unspecified atom stereocenters. The molecule has 0 spiro atoms. The first kappa shape index (κ1) is 24.8. The molecule has 0 aromatic heterocycles. The largest absolute Gasteiger partial charge is 0.573 e. The average Bonchev–Trinajstić information content (AvgIpc) is 2.61. The Morgan fingerprint density at radius 3 is 2.29 bits per heavy atom. The first-order valence-electron chi connectivity index (χ1n) is 9.12. The minimum Gasteiger partial charge on any atom is -0.406 e. The maximum atomic E-state index is 12.2. The number of ether oxygens (including phenoxy) is 1. The minimum absolute atomic E-state index is 0. The van der Waals surface area contributed by atoms with Crippen molar-refractivity contribution in [1.29, 1.82) is 0 Å². The zero-order chi connectivity index (χ0) is 19.9. The van der Waals surface area contributed by atoms with Crippen LogP contribution in [0.4, 0.5) is 18.9 Å². The molecule has 3 N–H and O–H groups in total. The Morgan fingerprint density at radius 2 is 1.75 bits per heavy atom.